The van der Waals surface area contributed by atoms with Gasteiger partial charge in [0.05, 0.1) is 0 Å². The summed E-state index contributed by atoms with van der Waals surface area (Å²) in [5.41, 5.74) is 1.19. The summed E-state index contributed by atoms with van der Waals surface area (Å²) in [5, 5.41) is 1.47. The molecule has 0 aliphatic heterocycles. The molecule has 0 nitrogen and oxygen atoms in total. The van der Waals surface area contributed by atoms with Crippen LogP contribution < -0.4 is 0 Å². The third-order valence-electron chi connectivity index (χ3n) is 1.91. The fourth-order valence-corrected chi connectivity index (χ4v) is 1.61. The van der Waals surface area contributed by atoms with E-state index >= 15 is 0 Å². The predicted octanol–water partition coefficient (Wildman–Crippen LogP) is 3.67. The largest absolute Gasteiger partial charge is 0.0840 e. The maximum atomic E-state index is 5.94. The molecule has 2 rings (SSSR count). The third kappa shape index (κ3) is 1.52. The topological polar surface area (TPSA) is 0 Å². The molecule has 11 heavy (non-hydrogen) atoms. The monoisotopic (exact) mass is 185 g/mol. The van der Waals surface area contributed by atoms with Crippen LogP contribution in [0, 0.1) is 6.07 Å². The first-order valence-electron chi connectivity index (χ1n) is 3.64. The van der Waals surface area contributed by atoms with Crippen molar-refractivity contribution in [3.63, 3.8) is 0 Å². The average molecular weight is 186 g/mol. The minimum atomic E-state index is 0.662. The summed E-state index contributed by atoms with van der Waals surface area (Å²) >= 11 is 11.7. The van der Waals surface area contributed by atoms with E-state index in [0.717, 1.165) is 5.02 Å². The molecule has 1 aliphatic rings. The third-order valence-corrected chi connectivity index (χ3v) is 2.46. The summed E-state index contributed by atoms with van der Waals surface area (Å²) in [5.74, 6) is 0.662. The van der Waals surface area contributed by atoms with Gasteiger partial charge in [0.25, 0.3) is 0 Å². The van der Waals surface area contributed by atoms with Gasteiger partial charge in [0.2, 0.25) is 0 Å². The van der Waals surface area contributed by atoms with Gasteiger partial charge < -0.3 is 0 Å². The zero-order valence-electron chi connectivity index (χ0n) is 5.90. The van der Waals surface area contributed by atoms with Crippen LogP contribution in [0.3, 0.4) is 0 Å². The van der Waals surface area contributed by atoms with Gasteiger partial charge in [-0.15, -0.1) is 0 Å². The standard InChI is InChI=1S/C9H7Cl2/c10-7-3-4-9(11)8(5-7)6-1-2-6/h4-6H,1-2H2. The van der Waals surface area contributed by atoms with Crippen molar-refractivity contribution in [2.45, 2.75) is 18.8 Å². The van der Waals surface area contributed by atoms with Gasteiger partial charge in [-0.2, -0.15) is 0 Å². The molecule has 0 spiro atoms. The van der Waals surface area contributed by atoms with Gasteiger partial charge in [0.15, 0.2) is 0 Å². The van der Waals surface area contributed by atoms with Gasteiger partial charge in [-0.25, -0.2) is 0 Å². The Bertz CT molecular complexity index is 277. The van der Waals surface area contributed by atoms with Crippen LogP contribution >= 0.6 is 23.2 Å². The summed E-state index contributed by atoms with van der Waals surface area (Å²) in [7, 11) is 0. The normalized spacial score (nSPS) is 16.9. The van der Waals surface area contributed by atoms with Crippen LogP contribution in [0.5, 0.6) is 0 Å². The number of rotatable bonds is 1. The van der Waals surface area contributed by atoms with Crippen molar-refractivity contribution in [2.75, 3.05) is 0 Å². The minimum absolute atomic E-state index is 0.662. The van der Waals surface area contributed by atoms with Crippen molar-refractivity contribution in [2.24, 2.45) is 0 Å². The molecule has 0 heterocycles. The highest BCUT2D eigenvalue weighted by molar-refractivity contribution is 6.33. The number of hydrogen-bond donors (Lipinski definition) is 0. The summed E-state index contributed by atoms with van der Waals surface area (Å²) in [4.78, 5) is 0. The van der Waals surface area contributed by atoms with E-state index in [2.05, 4.69) is 6.07 Å². The van der Waals surface area contributed by atoms with Crippen molar-refractivity contribution < 1.29 is 0 Å². The molecule has 0 unspecified atom stereocenters. The van der Waals surface area contributed by atoms with E-state index in [-0.39, 0.29) is 0 Å². The number of benzene rings is 1. The molecule has 0 atom stereocenters. The fraction of sp³-hybridized carbons (Fsp3) is 0.333. The van der Waals surface area contributed by atoms with Gasteiger partial charge in [-0.3, -0.25) is 0 Å². The fourth-order valence-electron chi connectivity index (χ4n) is 1.17. The molecule has 1 aliphatic carbocycles. The molecule has 1 aromatic carbocycles. The SMILES string of the molecule is Clc1[c]cc(Cl)c(C2CC2)c1. The molecular formula is C9H7Cl2. The first-order valence-corrected chi connectivity index (χ1v) is 4.39. The average Bonchev–Trinajstić information content (AvgIpc) is 2.76. The summed E-state index contributed by atoms with van der Waals surface area (Å²) in [6.45, 7) is 0. The zero-order chi connectivity index (χ0) is 7.84. The molecule has 1 fully saturated rings. The lowest BCUT2D eigenvalue weighted by Crippen LogP contribution is -1.80. The van der Waals surface area contributed by atoms with Crippen LogP contribution in [-0.2, 0) is 0 Å². The van der Waals surface area contributed by atoms with E-state index in [9.17, 15) is 0 Å². The summed E-state index contributed by atoms with van der Waals surface area (Å²) in [6.07, 6.45) is 2.50. The van der Waals surface area contributed by atoms with E-state index in [1.807, 2.05) is 6.07 Å². The Morgan fingerprint density at radius 3 is 2.73 bits per heavy atom. The van der Waals surface area contributed by atoms with Crippen LogP contribution in [0.1, 0.15) is 24.3 Å². The van der Waals surface area contributed by atoms with Crippen LogP contribution in [0.25, 0.3) is 0 Å². The van der Waals surface area contributed by atoms with Gasteiger partial charge in [0, 0.05) is 16.1 Å². The predicted molar refractivity (Wildman–Crippen MR) is 47.3 cm³/mol. The molecule has 1 radical (unpaired) electrons. The number of hydrogen-bond acceptors (Lipinski definition) is 0. The molecule has 57 valence electrons. The van der Waals surface area contributed by atoms with Gasteiger partial charge in [0.1, 0.15) is 0 Å². The number of halogens is 2. The Balaban J connectivity index is 2.42. The molecule has 0 amide bonds. The lowest BCUT2D eigenvalue weighted by atomic mass is 10.1. The second kappa shape index (κ2) is 2.69. The van der Waals surface area contributed by atoms with Crippen molar-refractivity contribution >= 4 is 23.2 Å². The van der Waals surface area contributed by atoms with Crippen molar-refractivity contribution in [1.29, 1.82) is 0 Å². The van der Waals surface area contributed by atoms with E-state index in [4.69, 9.17) is 23.2 Å². The van der Waals surface area contributed by atoms with E-state index in [1.54, 1.807) is 6.07 Å². The summed E-state index contributed by atoms with van der Waals surface area (Å²) < 4.78 is 0. The molecule has 2 heteroatoms. The Kier molecular flexibility index (Phi) is 1.82. The second-order valence-corrected chi connectivity index (χ2v) is 3.67. The second-order valence-electron chi connectivity index (χ2n) is 2.86. The molecular weight excluding hydrogens is 179 g/mol. The van der Waals surface area contributed by atoms with Gasteiger partial charge in [-0.1, -0.05) is 23.2 Å². The molecule has 0 bridgehead atoms. The van der Waals surface area contributed by atoms with Crippen molar-refractivity contribution in [1.82, 2.24) is 0 Å². The van der Waals surface area contributed by atoms with E-state index < -0.39 is 0 Å². The van der Waals surface area contributed by atoms with Crippen LogP contribution in [0.2, 0.25) is 10.0 Å². The quantitative estimate of drug-likeness (QED) is 0.627. The first kappa shape index (κ1) is 7.45. The van der Waals surface area contributed by atoms with Crippen LogP contribution in [0.15, 0.2) is 12.1 Å². The molecule has 1 aromatic rings. The molecule has 0 saturated heterocycles. The molecule has 1 saturated carbocycles. The smallest absolute Gasteiger partial charge is 0.0488 e. The van der Waals surface area contributed by atoms with Crippen molar-refractivity contribution in [3.05, 3.63) is 33.8 Å². The van der Waals surface area contributed by atoms with Crippen molar-refractivity contribution in [3.8, 4) is 0 Å². The maximum absolute atomic E-state index is 5.94. The summed E-state index contributed by atoms with van der Waals surface area (Å²) in [6, 6.07) is 6.52. The van der Waals surface area contributed by atoms with E-state index in [0.29, 0.717) is 10.9 Å². The highest BCUT2D eigenvalue weighted by Crippen LogP contribution is 2.43. The molecule has 0 aromatic heterocycles. The molecule has 0 N–H and O–H groups in total. The van der Waals surface area contributed by atoms with Gasteiger partial charge in [-0.05, 0) is 36.5 Å². The Morgan fingerprint density at radius 2 is 2.09 bits per heavy atom. The van der Waals surface area contributed by atoms with E-state index in [1.165, 1.54) is 18.4 Å². The van der Waals surface area contributed by atoms with Gasteiger partial charge >= 0.3 is 0 Å². The maximum Gasteiger partial charge on any atom is 0.0488 e. The lowest BCUT2D eigenvalue weighted by molar-refractivity contribution is 1.13. The highest BCUT2D eigenvalue weighted by atomic mass is 35.5. The Labute approximate surface area is 76.1 Å². The highest BCUT2D eigenvalue weighted by Gasteiger charge is 2.25. The Hall–Kier alpha value is -0.200. The van der Waals surface area contributed by atoms with Crippen LogP contribution in [-0.4, -0.2) is 0 Å². The first-order chi connectivity index (χ1) is 5.27. The zero-order valence-corrected chi connectivity index (χ0v) is 7.41. The van der Waals surface area contributed by atoms with Crippen LogP contribution in [0.4, 0.5) is 0 Å². The lowest BCUT2D eigenvalue weighted by Gasteiger charge is -2.00. The minimum Gasteiger partial charge on any atom is -0.0840 e. The Morgan fingerprint density at radius 1 is 1.36 bits per heavy atom.